The minimum absolute atomic E-state index is 0.0187. The van der Waals surface area contributed by atoms with Crippen LogP contribution in [0.2, 0.25) is 0 Å². The predicted molar refractivity (Wildman–Crippen MR) is 75.9 cm³/mol. The fourth-order valence-electron chi connectivity index (χ4n) is 1.79. The van der Waals surface area contributed by atoms with E-state index in [-0.39, 0.29) is 11.8 Å². The second kappa shape index (κ2) is 11.5. The topological polar surface area (TPSA) is 20.3 Å². The highest BCUT2D eigenvalue weighted by molar-refractivity contribution is 7.77. The number of carbonyl (C=O) groups is 1. The SMILES string of the molecule is CC.CCCC(CC)CC(C(C)=O)N(C)S. The number of hydrogen-bond acceptors (Lipinski definition) is 3. The van der Waals surface area contributed by atoms with Crippen molar-refractivity contribution in [3.05, 3.63) is 0 Å². The average molecular weight is 247 g/mol. The molecule has 0 fully saturated rings. The Morgan fingerprint density at radius 1 is 1.31 bits per heavy atom. The second-order valence-electron chi connectivity index (χ2n) is 4.00. The molecule has 0 spiro atoms. The molecule has 0 aromatic carbocycles. The Bertz CT molecular complexity index is 171. The molecule has 0 aromatic heterocycles. The summed E-state index contributed by atoms with van der Waals surface area (Å²) >= 11 is 4.23. The molecule has 0 aliphatic heterocycles. The van der Waals surface area contributed by atoms with E-state index in [1.165, 1.54) is 12.8 Å². The van der Waals surface area contributed by atoms with Crippen molar-refractivity contribution in [2.45, 2.75) is 66.3 Å². The number of thiol groups is 1. The van der Waals surface area contributed by atoms with Gasteiger partial charge in [0.15, 0.2) is 0 Å². The molecule has 0 rings (SSSR count). The van der Waals surface area contributed by atoms with Gasteiger partial charge in [-0.3, -0.25) is 4.79 Å². The van der Waals surface area contributed by atoms with E-state index in [1.807, 2.05) is 20.9 Å². The number of likely N-dealkylation sites (N-methyl/N-ethyl adjacent to an activating group) is 1. The van der Waals surface area contributed by atoms with E-state index >= 15 is 0 Å². The molecule has 16 heavy (non-hydrogen) atoms. The summed E-state index contributed by atoms with van der Waals surface area (Å²) in [4.78, 5) is 11.4. The van der Waals surface area contributed by atoms with Crippen molar-refractivity contribution in [1.82, 2.24) is 4.31 Å². The first kappa shape index (κ1) is 18.3. The molecule has 2 unspecified atom stereocenters. The van der Waals surface area contributed by atoms with Crippen LogP contribution in [0.25, 0.3) is 0 Å². The largest absolute Gasteiger partial charge is 0.298 e. The minimum atomic E-state index is -0.0187. The molecule has 0 bridgehead atoms. The molecule has 0 aliphatic carbocycles. The first-order chi connectivity index (χ1) is 7.52. The van der Waals surface area contributed by atoms with Crippen molar-refractivity contribution in [2.24, 2.45) is 5.92 Å². The fourth-order valence-corrected chi connectivity index (χ4v) is 2.05. The molecule has 0 saturated carbocycles. The quantitative estimate of drug-likeness (QED) is 0.687. The molecular weight excluding hydrogens is 218 g/mol. The smallest absolute Gasteiger partial charge is 0.147 e. The van der Waals surface area contributed by atoms with Gasteiger partial charge in [-0.25, -0.2) is 4.31 Å². The third-order valence-corrected chi connectivity index (χ3v) is 3.03. The molecule has 0 amide bonds. The van der Waals surface area contributed by atoms with Gasteiger partial charge in [-0.1, -0.05) is 59.8 Å². The predicted octanol–water partition coefficient (Wildman–Crippen LogP) is 3.96. The van der Waals surface area contributed by atoms with Gasteiger partial charge in [-0.05, 0) is 26.3 Å². The molecule has 0 saturated heterocycles. The highest BCUT2D eigenvalue weighted by Gasteiger charge is 2.21. The Morgan fingerprint density at radius 2 is 1.81 bits per heavy atom. The summed E-state index contributed by atoms with van der Waals surface area (Å²) in [5.74, 6) is 0.876. The monoisotopic (exact) mass is 247 g/mol. The summed E-state index contributed by atoms with van der Waals surface area (Å²) in [6.07, 6.45) is 4.50. The Balaban J connectivity index is 0. The zero-order chi connectivity index (χ0) is 13.1. The Kier molecular flexibility index (Phi) is 13.1. The normalized spacial score (nSPS) is 14.0. The van der Waals surface area contributed by atoms with Crippen LogP contribution in [0.15, 0.2) is 0 Å². The van der Waals surface area contributed by atoms with E-state index in [1.54, 1.807) is 11.2 Å². The number of rotatable bonds is 7. The van der Waals surface area contributed by atoms with Crippen LogP contribution in [-0.2, 0) is 4.79 Å². The van der Waals surface area contributed by atoms with E-state index < -0.39 is 0 Å². The van der Waals surface area contributed by atoms with Gasteiger partial charge in [0.2, 0.25) is 0 Å². The van der Waals surface area contributed by atoms with Crippen molar-refractivity contribution >= 4 is 18.6 Å². The number of nitrogens with zero attached hydrogens (tertiary/aromatic N) is 1. The molecule has 3 heteroatoms. The standard InChI is InChI=1S/C11H23NOS.C2H6/c1-5-7-10(6-2)8-11(9(3)13)12(4)14;1-2/h10-11,14H,5-8H2,1-4H3;1-2H3. The Hall–Kier alpha value is -0.0200. The first-order valence-corrected chi connectivity index (χ1v) is 6.85. The fraction of sp³-hybridized carbons (Fsp3) is 0.923. The molecule has 0 N–H and O–H groups in total. The van der Waals surface area contributed by atoms with Crippen molar-refractivity contribution < 1.29 is 4.79 Å². The summed E-state index contributed by atoms with van der Waals surface area (Å²) < 4.78 is 1.74. The maximum Gasteiger partial charge on any atom is 0.147 e. The third kappa shape index (κ3) is 8.17. The third-order valence-electron chi connectivity index (χ3n) is 2.75. The lowest BCUT2D eigenvalue weighted by Gasteiger charge is -2.24. The van der Waals surface area contributed by atoms with Gasteiger partial charge >= 0.3 is 0 Å². The van der Waals surface area contributed by atoms with Crippen LogP contribution < -0.4 is 0 Å². The molecule has 2 atom stereocenters. The van der Waals surface area contributed by atoms with Crippen LogP contribution in [0.1, 0.15) is 60.3 Å². The van der Waals surface area contributed by atoms with Gasteiger partial charge < -0.3 is 0 Å². The number of ketones is 1. The van der Waals surface area contributed by atoms with Crippen LogP contribution in [0.4, 0.5) is 0 Å². The maximum absolute atomic E-state index is 11.4. The number of carbonyl (C=O) groups excluding carboxylic acids is 1. The van der Waals surface area contributed by atoms with Gasteiger partial charge in [0.25, 0.3) is 0 Å². The molecular formula is C13H29NOS. The molecule has 0 heterocycles. The maximum atomic E-state index is 11.4. The van der Waals surface area contributed by atoms with Crippen LogP contribution >= 0.6 is 12.8 Å². The second-order valence-corrected chi connectivity index (χ2v) is 4.63. The summed E-state index contributed by atoms with van der Waals surface area (Å²) in [5.41, 5.74) is 0. The van der Waals surface area contributed by atoms with Gasteiger partial charge in [-0.2, -0.15) is 0 Å². The number of Topliss-reactive ketones (excluding diaryl/α,β-unsaturated/α-hetero) is 1. The van der Waals surface area contributed by atoms with Crippen LogP contribution in [-0.4, -0.2) is 23.2 Å². The van der Waals surface area contributed by atoms with E-state index in [9.17, 15) is 4.79 Å². The summed E-state index contributed by atoms with van der Waals surface area (Å²) in [6, 6.07) is -0.0187. The van der Waals surface area contributed by atoms with E-state index in [0.717, 1.165) is 12.8 Å². The van der Waals surface area contributed by atoms with E-state index in [0.29, 0.717) is 5.92 Å². The lowest BCUT2D eigenvalue weighted by atomic mass is 9.91. The van der Waals surface area contributed by atoms with E-state index in [2.05, 4.69) is 26.7 Å². The molecule has 0 aromatic rings. The Morgan fingerprint density at radius 3 is 2.06 bits per heavy atom. The van der Waals surface area contributed by atoms with Gasteiger partial charge in [0, 0.05) is 0 Å². The van der Waals surface area contributed by atoms with Crippen LogP contribution in [0.5, 0.6) is 0 Å². The van der Waals surface area contributed by atoms with Crippen LogP contribution in [0.3, 0.4) is 0 Å². The zero-order valence-electron chi connectivity index (χ0n) is 11.8. The number of hydrogen-bond donors (Lipinski definition) is 1. The summed E-state index contributed by atoms with van der Waals surface area (Å²) in [7, 11) is 1.86. The van der Waals surface area contributed by atoms with Gasteiger partial charge in [0.05, 0.1) is 6.04 Å². The highest BCUT2D eigenvalue weighted by Crippen LogP contribution is 2.20. The van der Waals surface area contributed by atoms with Crippen molar-refractivity contribution in [3.8, 4) is 0 Å². The van der Waals surface area contributed by atoms with Gasteiger partial charge in [0.1, 0.15) is 5.78 Å². The average Bonchev–Trinajstić information content (AvgIpc) is 2.25. The Labute approximate surface area is 107 Å². The minimum Gasteiger partial charge on any atom is -0.298 e. The molecule has 0 aliphatic rings. The van der Waals surface area contributed by atoms with Crippen molar-refractivity contribution in [3.63, 3.8) is 0 Å². The van der Waals surface area contributed by atoms with Crippen molar-refractivity contribution in [2.75, 3.05) is 7.05 Å². The summed E-state index contributed by atoms with van der Waals surface area (Å²) in [6.45, 7) is 10.0. The lowest BCUT2D eigenvalue weighted by molar-refractivity contribution is -0.120. The van der Waals surface area contributed by atoms with E-state index in [4.69, 9.17) is 0 Å². The lowest BCUT2D eigenvalue weighted by Crippen LogP contribution is -2.33. The molecule has 98 valence electrons. The van der Waals surface area contributed by atoms with Gasteiger partial charge in [-0.15, -0.1) is 0 Å². The first-order valence-electron chi connectivity index (χ1n) is 6.45. The van der Waals surface area contributed by atoms with Crippen LogP contribution in [0, 0.1) is 5.92 Å². The highest BCUT2D eigenvalue weighted by atomic mass is 32.1. The molecule has 2 nitrogen and oxygen atoms in total. The van der Waals surface area contributed by atoms with Crippen molar-refractivity contribution in [1.29, 1.82) is 0 Å². The molecule has 0 radical (unpaired) electrons. The zero-order valence-corrected chi connectivity index (χ0v) is 12.7. The summed E-state index contributed by atoms with van der Waals surface area (Å²) in [5, 5.41) is 0.